The van der Waals surface area contributed by atoms with Gasteiger partial charge in [-0.25, -0.2) is 0 Å². The highest BCUT2D eigenvalue weighted by atomic mass is 15.5. The molecule has 0 unspecified atom stereocenters. The van der Waals surface area contributed by atoms with E-state index in [1.54, 1.807) is 11.0 Å². The summed E-state index contributed by atoms with van der Waals surface area (Å²) >= 11 is 0. The predicted molar refractivity (Wildman–Crippen MR) is 30.5 cm³/mol. The zero-order chi connectivity index (χ0) is 5.40. The first-order valence-electron chi connectivity index (χ1n) is 2.35. The molecule has 0 atom stereocenters. The van der Waals surface area contributed by atoms with E-state index in [1.165, 1.54) is 0 Å². The Morgan fingerprint density at radius 2 is 2.75 bits per heavy atom. The Kier molecular flexibility index (Phi) is 0.521. The van der Waals surface area contributed by atoms with E-state index in [-0.39, 0.29) is 0 Å². The summed E-state index contributed by atoms with van der Waals surface area (Å²) < 4.78 is 1.72. The summed E-state index contributed by atoms with van der Waals surface area (Å²) in [5.74, 6) is 0.907. The normalized spacial score (nSPS) is 13.5. The van der Waals surface area contributed by atoms with E-state index in [4.69, 9.17) is 0 Å². The highest BCUT2D eigenvalue weighted by Gasteiger charge is 2.11. The number of aliphatic imine (C=N–C) groups is 1. The molecular formula is C5H4N3+. The van der Waals surface area contributed by atoms with Crippen molar-refractivity contribution in [3.8, 4) is 0 Å². The second-order valence-electron chi connectivity index (χ2n) is 1.54. The van der Waals surface area contributed by atoms with E-state index in [1.807, 2.05) is 12.1 Å². The van der Waals surface area contributed by atoms with Crippen LogP contribution in [0.15, 0.2) is 12.1 Å². The Morgan fingerprint density at radius 3 is 3.62 bits per heavy atom. The minimum atomic E-state index is 0.907. The van der Waals surface area contributed by atoms with Gasteiger partial charge in [-0.1, -0.05) is 4.99 Å². The quantitative estimate of drug-likeness (QED) is 0.489. The number of rotatable bonds is 0. The Labute approximate surface area is 46.6 Å². The predicted octanol–water partition coefficient (Wildman–Crippen LogP) is -0.159. The van der Waals surface area contributed by atoms with Gasteiger partial charge in [-0.2, -0.15) is 5.43 Å². The van der Waals surface area contributed by atoms with Crippen molar-refractivity contribution in [2.75, 3.05) is 5.43 Å². The van der Waals surface area contributed by atoms with Gasteiger partial charge in [-0.3, -0.25) is 0 Å². The van der Waals surface area contributed by atoms with Gasteiger partial charge in [0.05, 0.1) is 0 Å². The first kappa shape index (κ1) is 3.72. The minimum absolute atomic E-state index is 0.907. The molecule has 3 nitrogen and oxygen atoms in total. The molecule has 0 aromatic carbocycles. The van der Waals surface area contributed by atoms with Crippen LogP contribution < -0.4 is 10.4 Å². The Balaban J connectivity index is 2.67. The highest BCUT2D eigenvalue weighted by molar-refractivity contribution is 5.70. The van der Waals surface area contributed by atoms with E-state index in [0.717, 1.165) is 5.82 Å². The van der Waals surface area contributed by atoms with E-state index < -0.39 is 0 Å². The van der Waals surface area contributed by atoms with Crippen molar-refractivity contribution in [2.24, 2.45) is 0 Å². The van der Waals surface area contributed by atoms with Crippen molar-refractivity contribution in [1.29, 1.82) is 0 Å². The van der Waals surface area contributed by atoms with Crippen LogP contribution in [-0.4, -0.2) is 11.0 Å². The molecule has 0 spiro atoms. The van der Waals surface area contributed by atoms with Gasteiger partial charge < -0.3 is 0 Å². The Bertz CT molecular complexity index is 223. The number of fused-ring (bicyclic) bond motifs is 1. The first-order chi connectivity index (χ1) is 3.97. The largest absolute Gasteiger partial charge is 0.297 e. The van der Waals surface area contributed by atoms with E-state index in [2.05, 4.69) is 16.6 Å². The maximum absolute atomic E-state index is 3.95. The van der Waals surface area contributed by atoms with Gasteiger partial charge in [-0.15, -0.1) is 4.68 Å². The monoisotopic (exact) mass is 106 g/mol. The lowest BCUT2D eigenvalue weighted by atomic mass is 10.6. The van der Waals surface area contributed by atoms with Crippen LogP contribution in [-0.2, 0) is 0 Å². The van der Waals surface area contributed by atoms with Gasteiger partial charge in [0.25, 0.3) is 12.2 Å². The average Bonchev–Trinajstić information content (AvgIpc) is 2.15. The first-order valence-corrected chi connectivity index (χ1v) is 2.35. The summed E-state index contributed by atoms with van der Waals surface area (Å²) in [6, 6.07) is 3.70. The third-order valence-corrected chi connectivity index (χ3v) is 1.05. The molecule has 1 aromatic heterocycles. The lowest BCUT2D eigenvalue weighted by Gasteiger charge is -1.78. The zero-order valence-electron chi connectivity index (χ0n) is 4.13. The SMILES string of the molecule is [c]1ccc2n1NC=[N+]2. The summed E-state index contributed by atoms with van der Waals surface area (Å²) in [6.45, 7) is 0. The molecular weight excluding hydrogens is 102 g/mol. The lowest BCUT2D eigenvalue weighted by Crippen LogP contribution is -2.03. The minimum Gasteiger partial charge on any atom is -0.156 e. The molecule has 3 heteroatoms. The van der Waals surface area contributed by atoms with Gasteiger partial charge in [-0.05, 0) is 6.07 Å². The third-order valence-electron chi connectivity index (χ3n) is 1.05. The fraction of sp³-hybridized carbons (Fsp3) is 0. The van der Waals surface area contributed by atoms with E-state index in [0.29, 0.717) is 0 Å². The topological polar surface area (TPSA) is 31.1 Å². The van der Waals surface area contributed by atoms with Gasteiger partial charge in [0.2, 0.25) is 0 Å². The van der Waals surface area contributed by atoms with E-state index >= 15 is 0 Å². The summed E-state index contributed by atoms with van der Waals surface area (Å²) in [5.41, 5.74) is 2.85. The van der Waals surface area contributed by atoms with Gasteiger partial charge in [0, 0.05) is 6.07 Å². The second kappa shape index (κ2) is 1.12. The van der Waals surface area contributed by atoms with E-state index in [9.17, 15) is 0 Å². The lowest BCUT2D eigenvalue weighted by molar-refractivity contribution is 1.01. The van der Waals surface area contributed by atoms with Crippen molar-refractivity contribution < 1.29 is 0 Å². The molecule has 1 aliphatic heterocycles. The zero-order valence-corrected chi connectivity index (χ0v) is 4.13. The maximum Gasteiger partial charge on any atom is 0.297 e. The third kappa shape index (κ3) is 0.307. The van der Waals surface area contributed by atoms with Crippen LogP contribution in [0.3, 0.4) is 0 Å². The Morgan fingerprint density at radius 1 is 1.75 bits per heavy atom. The van der Waals surface area contributed by atoms with Gasteiger partial charge in [0.15, 0.2) is 6.20 Å². The number of hydrogen-bond donors (Lipinski definition) is 1. The molecule has 2 radical (unpaired) electrons. The molecule has 0 saturated heterocycles. The maximum atomic E-state index is 3.95. The summed E-state index contributed by atoms with van der Waals surface area (Å²) in [6.07, 6.45) is 4.53. The molecule has 0 aliphatic carbocycles. The van der Waals surface area contributed by atoms with Crippen LogP contribution in [0.4, 0.5) is 5.82 Å². The van der Waals surface area contributed by atoms with Crippen LogP contribution in [0.5, 0.6) is 0 Å². The Hall–Kier alpha value is -1.25. The van der Waals surface area contributed by atoms with Gasteiger partial charge >= 0.3 is 0 Å². The average molecular weight is 106 g/mol. The van der Waals surface area contributed by atoms with Crippen LogP contribution in [0.25, 0.3) is 0 Å². The van der Waals surface area contributed by atoms with Crippen molar-refractivity contribution in [3.63, 3.8) is 0 Å². The summed E-state index contributed by atoms with van der Waals surface area (Å²) in [7, 11) is 0. The molecule has 2 heterocycles. The molecule has 1 aromatic rings. The smallest absolute Gasteiger partial charge is 0.156 e. The molecule has 0 amide bonds. The standard InChI is InChI=1S/C5H4N3/c1-2-5-6-4-7-8(5)3-1/h1-2,4,7H/q+1. The van der Waals surface area contributed by atoms with Crippen molar-refractivity contribution in [1.82, 2.24) is 9.67 Å². The van der Waals surface area contributed by atoms with Gasteiger partial charge in [0.1, 0.15) is 0 Å². The van der Waals surface area contributed by atoms with Crippen molar-refractivity contribution in [3.05, 3.63) is 18.3 Å². The van der Waals surface area contributed by atoms with Crippen LogP contribution in [0.1, 0.15) is 0 Å². The molecule has 1 aliphatic rings. The van der Waals surface area contributed by atoms with Crippen molar-refractivity contribution in [2.45, 2.75) is 0 Å². The fourth-order valence-corrected chi connectivity index (χ4v) is 0.684. The molecule has 0 bridgehead atoms. The number of nitrogens with zero attached hydrogens (tertiary/aromatic N) is 2. The van der Waals surface area contributed by atoms with Crippen LogP contribution >= 0.6 is 0 Å². The van der Waals surface area contributed by atoms with Crippen molar-refractivity contribution >= 4 is 12.2 Å². The fourth-order valence-electron chi connectivity index (χ4n) is 0.684. The molecule has 8 heavy (non-hydrogen) atoms. The number of hydrogen-bond acceptors (Lipinski definition) is 2. The highest BCUT2D eigenvalue weighted by Crippen LogP contribution is 2.04. The van der Waals surface area contributed by atoms with Crippen LogP contribution in [0, 0.1) is 6.20 Å². The molecule has 2 rings (SSSR count). The molecule has 0 fully saturated rings. The summed E-state index contributed by atoms with van der Waals surface area (Å²) in [5, 5.41) is 0. The molecule has 38 valence electrons. The number of nitrogens with one attached hydrogen (secondary N) is 1. The molecule has 1 N–H and O–H groups in total. The van der Waals surface area contributed by atoms with Crippen LogP contribution in [0.2, 0.25) is 0 Å². The number of aromatic nitrogens is 1. The summed E-state index contributed by atoms with van der Waals surface area (Å²) in [4.78, 5) is 3.95. The molecule has 0 saturated carbocycles. The second-order valence-corrected chi connectivity index (χ2v) is 1.54.